The molecular weight excluding hydrogens is 384 g/mol. The van der Waals surface area contributed by atoms with E-state index < -0.39 is 10.0 Å². The average molecular weight is 409 g/mol. The van der Waals surface area contributed by atoms with Gasteiger partial charge in [-0.25, -0.2) is 8.42 Å². The second kappa shape index (κ2) is 8.92. The molecule has 0 saturated carbocycles. The van der Waals surface area contributed by atoms with E-state index in [1.807, 2.05) is 60.7 Å². The van der Waals surface area contributed by atoms with Gasteiger partial charge in [-0.2, -0.15) is 0 Å². The first-order valence-corrected chi connectivity index (χ1v) is 11.2. The van der Waals surface area contributed by atoms with E-state index in [1.165, 1.54) is 0 Å². The Kier molecular flexibility index (Phi) is 6.34. The highest BCUT2D eigenvalue weighted by Gasteiger charge is 2.18. The largest absolute Gasteiger partial charge is 0.330 e. The summed E-state index contributed by atoms with van der Waals surface area (Å²) in [4.78, 5) is 15.1. The molecule has 0 bridgehead atoms. The Bertz CT molecular complexity index is 1040. The van der Waals surface area contributed by atoms with Gasteiger partial charge in [0.2, 0.25) is 10.0 Å². The number of nitrogens with zero attached hydrogens (tertiary/aromatic N) is 1. The summed E-state index contributed by atoms with van der Waals surface area (Å²) in [5.41, 5.74) is 3.78. The summed E-state index contributed by atoms with van der Waals surface area (Å²) >= 11 is 0. The maximum atomic E-state index is 13.3. The Morgan fingerprint density at radius 3 is 1.83 bits per heavy atom. The fraction of sp³-hybridized carbons (Fsp3) is 0.174. The third-order valence-corrected chi connectivity index (χ3v) is 5.08. The predicted octanol–water partition coefficient (Wildman–Crippen LogP) is 4.21. The van der Waals surface area contributed by atoms with E-state index in [4.69, 9.17) is 0 Å². The van der Waals surface area contributed by atoms with E-state index in [-0.39, 0.29) is 5.91 Å². The zero-order valence-corrected chi connectivity index (χ0v) is 17.3. The number of aryl methyl sites for hydroxylation is 1. The topological polar surface area (TPSA) is 66.5 Å². The van der Waals surface area contributed by atoms with Crippen LogP contribution in [0.5, 0.6) is 0 Å². The first-order chi connectivity index (χ1) is 13.8. The quantitative estimate of drug-likeness (QED) is 0.637. The van der Waals surface area contributed by atoms with Gasteiger partial charge >= 0.3 is 0 Å². The fourth-order valence-corrected chi connectivity index (χ4v) is 3.73. The molecule has 0 aromatic heterocycles. The van der Waals surface area contributed by atoms with Gasteiger partial charge in [-0.15, -0.1) is 0 Å². The molecule has 0 saturated heterocycles. The highest BCUT2D eigenvalue weighted by molar-refractivity contribution is 7.92. The summed E-state index contributed by atoms with van der Waals surface area (Å²) < 4.78 is 25.5. The minimum Gasteiger partial charge on any atom is -0.330 e. The minimum atomic E-state index is -3.38. The first kappa shape index (κ1) is 20.6. The van der Waals surface area contributed by atoms with Crippen LogP contribution in [0.25, 0.3) is 0 Å². The maximum absolute atomic E-state index is 13.3. The Morgan fingerprint density at radius 2 is 1.38 bits per heavy atom. The molecule has 0 aliphatic heterocycles. The van der Waals surface area contributed by atoms with Gasteiger partial charge in [-0.05, 0) is 41.8 Å². The third-order valence-electron chi connectivity index (χ3n) is 4.49. The number of benzene rings is 3. The van der Waals surface area contributed by atoms with Crippen molar-refractivity contribution in [2.45, 2.75) is 20.0 Å². The van der Waals surface area contributed by atoms with E-state index >= 15 is 0 Å². The molecule has 3 rings (SSSR count). The van der Waals surface area contributed by atoms with Crippen LogP contribution in [-0.2, 0) is 23.1 Å². The van der Waals surface area contributed by atoms with Gasteiger partial charge in [0, 0.05) is 18.7 Å². The Balaban J connectivity index is 1.88. The molecule has 1 N–H and O–H groups in total. The number of carbonyl (C=O) groups excluding carboxylic acids is 1. The van der Waals surface area contributed by atoms with Gasteiger partial charge < -0.3 is 4.90 Å². The Hall–Kier alpha value is -3.12. The van der Waals surface area contributed by atoms with Gasteiger partial charge in [-0.1, -0.05) is 60.7 Å². The van der Waals surface area contributed by atoms with Crippen molar-refractivity contribution in [2.24, 2.45) is 0 Å². The van der Waals surface area contributed by atoms with Crippen LogP contribution in [0.2, 0.25) is 0 Å². The summed E-state index contributed by atoms with van der Waals surface area (Å²) in [5, 5.41) is 0. The molecule has 3 aromatic rings. The van der Waals surface area contributed by atoms with Crippen molar-refractivity contribution in [3.63, 3.8) is 0 Å². The van der Waals surface area contributed by atoms with E-state index in [2.05, 4.69) is 4.72 Å². The number of nitrogens with one attached hydrogen (secondary N) is 1. The molecule has 0 spiro atoms. The van der Waals surface area contributed by atoms with E-state index in [9.17, 15) is 13.2 Å². The summed E-state index contributed by atoms with van der Waals surface area (Å²) in [6, 6.07) is 24.7. The highest BCUT2D eigenvalue weighted by Crippen LogP contribution is 2.20. The number of hydrogen-bond donors (Lipinski definition) is 1. The molecule has 0 radical (unpaired) electrons. The second-order valence-corrected chi connectivity index (χ2v) is 8.78. The lowest BCUT2D eigenvalue weighted by atomic mass is 10.1. The van der Waals surface area contributed by atoms with Crippen LogP contribution in [0.3, 0.4) is 0 Å². The molecule has 0 unspecified atom stereocenters. The van der Waals surface area contributed by atoms with E-state index in [1.54, 1.807) is 30.0 Å². The fourth-order valence-electron chi connectivity index (χ4n) is 3.10. The molecule has 0 heterocycles. The van der Waals surface area contributed by atoms with Crippen LogP contribution in [0, 0.1) is 6.92 Å². The predicted molar refractivity (Wildman–Crippen MR) is 116 cm³/mol. The molecule has 0 atom stereocenters. The first-order valence-electron chi connectivity index (χ1n) is 9.27. The van der Waals surface area contributed by atoms with Crippen molar-refractivity contribution in [1.82, 2.24) is 4.90 Å². The third kappa shape index (κ3) is 5.93. The van der Waals surface area contributed by atoms with Crippen molar-refractivity contribution < 1.29 is 13.2 Å². The lowest BCUT2D eigenvalue weighted by molar-refractivity contribution is 0.0730. The van der Waals surface area contributed by atoms with Crippen molar-refractivity contribution in [1.29, 1.82) is 0 Å². The summed E-state index contributed by atoms with van der Waals surface area (Å²) in [5.74, 6) is -0.105. The van der Waals surface area contributed by atoms with Gasteiger partial charge in [0.15, 0.2) is 0 Å². The van der Waals surface area contributed by atoms with Crippen LogP contribution >= 0.6 is 0 Å². The number of hydrogen-bond acceptors (Lipinski definition) is 3. The van der Waals surface area contributed by atoms with Gasteiger partial charge in [0.05, 0.1) is 11.9 Å². The average Bonchev–Trinajstić information content (AvgIpc) is 2.69. The summed E-state index contributed by atoms with van der Waals surface area (Å²) in [7, 11) is -3.38. The van der Waals surface area contributed by atoms with Crippen molar-refractivity contribution >= 4 is 21.6 Å². The van der Waals surface area contributed by atoms with Crippen molar-refractivity contribution in [3.8, 4) is 0 Å². The molecule has 0 aliphatic rings. The Morgan fingerprint density at radius 1 is 0.862 bits per heavy atom. The highest BCUT2D eigenvalue weighted by atomic mass is 32.2. The number of carbonyl (C=O) groups is 1. The molecular formula is C23H24N2O3S. The molecule has 1 amide bonds. The smallest absolute Gasteiger partial charge is 0.254 e. The molecule has 150 valence electrons. The van der Waals surface area contributed by atoms with E-state index in [0.717, 1.165) is 17.4 Å². The Labute approximate surface area is 172 Å². The molecule has 0 fully saturated rings. The van der Waals surface area contributed by atoms with E-state index in [0.29, 0.717) is 29.9 Å². The van der Waals surface area contributed by atoms with Crippen molar-refractivity contribution in [3.05, 3.63) is 101 Å². The number of sulfonamides is 1. The van der Waals surface area contributed by atoms with Crippen molar-refractivity contribution in [2.75, 3.05) is 11.0 Å². The number of anilines is 1. The molecule has 3 aromatic carbocycles. The normalized spacial score (nSPS) is 11.1. The molecule has 29 heavy (non-hydrogen) atoms. The molecule has 6 heteroatoms. The number of amides is 1. The minimum absolute atomic E-state index is 0.105. The van der Waals surface area contributed by atoms with Gasteiger partial charge in [0.25, 0.3) is 5.91 Å². The SMILES string of the molecule is Cc1cc(C(=O)N(Cc2ccccc2)Cc2ccccc2)ccc1NS(C)(=O)=O. The lowest BCUT2D eigenvalue weighted by Crippen LogP contribution is -2.30. The molecule has 0 aliphatic carbocycles. The zero-order chi connectivity index (χ0) is 20.9. The van der Waals surface area contributed by atoms with Crippen LogP contribution in [0.4, 0.5) is 5.69 Å². The summed E-state index contributed by atoms with van der Waals surface area (Å²) in [6.07, 6.45) is 1.10. The van der Waals surface area contributed by atoms with Gasteiger partial charge in [0.1, 0.15) is 0 Å². The number of rotatable bonds is 7. The second-order valence-electron chi connectivity index (χ2n) is 7.04. The maximum Gasteiger partial charge on any atom is 0.254 e. The van der Waals surface area contributed by atoms with Gasteiger partial charge in [-0.3, -0.25) is 9.52 Å². The monoisotopic (exact) mass is 408 g/mol. The summed E-state index contributed by atoms with van der Waals surface area (Å²) in [6.45, 7) is 2.75. The van der Waals surface area contributed by atoms with Crippen LogP contribution in [0.15, 0.2) is 78.9 Å². The zero-order valence-electron chi connectivity index (χ0n) is 16.5. The van der Waals surface area contributed by atoms with Crippen LogP contribution in [-0.4, -0.2) is 25.5 Å². The van der Waals surface area contributed by atoms with Crippen LogP contribution < -0.4 is 4.72 Å². The van der Waals surface area contributed by atoms with Crippen LogP contribution in [0.1, 0.15) is 27.0 Å². The lowest BCUT2D eigenvalue weighted by Gasteiger charge is -2.24. The standard InChI is InChI=1S/C23H24N2O3S/c1-18-15-21(13-14-22(18)24-29(2,27)28)23(26)25(16-19-9-5-3-6-10-19)17-20-11-7-4-8-12-20/h3-15,24H,16-17H2,1-2H3. The molecule has 5 nitrogen and oxygen atoms in total.